The largest absolute Gasteiger partial charge is 0.476 e. The normalized spacial score (nSPS) is 20.7. The summed E-state index contributed by atoms with van der Waals surface area (Å²) >= 11 is 0. The monoisotopic (exact) mass is 216 g/mol. The Hall–Kier alpha value is -1.53. The van der Waals surface area contributed by atoms with Gasteiger partial charge in [0, 0.05) is 6.04 Å². The number of nitrogens with zero attached hydrogens (tertiary/aromatic N) is 1. The number of nitrogens with two attached hydrogens (primary N) is 1. The molecule has 0 aromatic heterocycles. The van der Waals surface area contributed by atoms with Crippen LogP contribution < -0.4 is 10.5 Å². The third-order valence-electron chi connectivity index (χ3n) is 3.00. The van der Waals surface area contributed by atoms with Crippen molar-refractivity contribution < 1.29 is 4.74 Å². The molecular formula is C13H16N2O. The van der Waals surface area contributed by atoms with Crippen molar-refractivity contribution in [2.45, 2.75) is 38.3 Å². The average Bonchev–Trinajstić information content (AvgIpc) is 2.30. The van der Waals surface area contributed by atoms with E-state index in [4.69, 9.17) is 15.7 Å². The fourth-order valence-electron chi connectivity index (χ4n) is 2.18. The second-order valence-corrected chi connectivity index (χ2v) is 4.21. The highest BCUT2D eigenvalue weighted by Gasteiger charge is 2.20. The summed E-state index contributed by atoms with van der Waals surface area (Å²) in [4.78, 5) is 0. The molecule has 0 heterocycles. The summed E-state index contributed by atoms with van der Waals surface area (Å²) in [6.45, 7) is 1.75. The smallest absolute Gasteiger partial charge is 0.181 e. The number of fused-ring (bicyclic) bond motifs is 1. The molecule has 0 fully saturated rings. The van der Waals surface area contributed by atoms with E-state index < -0.39 is 6.10 Å². The van der Waals surface area contributed by atoms with Crippen molar-refractivity contribution in [1.82, 2.24) is 0 Å². The van der Waals surface area contributed by atoms with E-state index in [0.717, 1.165) is 25.0 Å². The third-order valence-corrected chi connectivity index (χ3v) is 3.00. The standard InChI is InChI=1S/C13H16N2O/c1-9(8-14)16-13-7-3-4-10-11(13)5-2-6-12(10)15/h3-4,7,9,12H,2,5-6,15H2,1H3. The molecule has 2 unspecified atom stereocenters. The highest BCUT2D eigenvalue weighted by molar-refractivity contribution is 5.43. The maximum atomic E-state index is 8.75. The van der Waals surface area contributed by atoms with Crippen molar-refractivity contribution in [3.05, 3.63) is 29.3 Å². The van der Waals surface area contributed by atoms with Crippen LogP contribution in [0.1, 0.15) is 36.9 Å². The molecule has 1 aliphatic rings. The van der Waals surface area contributed by atoms with Gasteiger partial charge in [0.2, 0.25) is 0 Å². The van der Waals surface area contributed by atoms with Gasteiger partial charge < -0.3 is 10.5 Å². The Morgan fingerprint density at radius 3 is 3.12 bits per heavy atom. The molecule has 1 aromatic rings. The quantitative estimate of drug-likeness (QED) is 0.825. The summed E-state index contributed by atoms with van der Waals surface area (Å²) < 4.78 is 5.59. The van der Waals surface area contributed by atoms with Crippen molar-refractivity contribution in [1.29, 1.82) is 5.26 Å². The molecule has 0 radical (unpaired) electrons. The molecule has 1 aromatic carbocycles. The number of rotatable bonds is 2. The van der Waals surface area contributed by atoms with E-state index in [1.165, 1.54) is 11.1 Å². The zero-order valence-electron chi connectivity index (χ0n) is 9.44. The summed E-state index contributed by atoms with van der Waals surface area (Å²) in [5, 5.41) is 8.75. The lowest BCUT2D eigenvalue weighted by atomic mass is 9.87. The Balaban J connectivity index is 2.33. The van der Waals surface area contributed by atoms with Crippen LogP contribution in [0.4, 0.5) is 0 Å². The second kappa shape index (κ2) is 4.54. The Labute approximate surface area is 95.8 Å². The van der Waals surface area contributed by atoms with Crippen LogP contribution in [0.2, 0.25) is 0 Å². The van der Waals surface area contributed by atoms with Gasteiger partial charge in [-0.3, -0.25) is 0 Å². The van der Waals surface area contributed by atoms with Crippen molar-refractivity contribution in [3.8, 4) is 11.8 Å². The van der Waals surface area contributed by atoms with Gasteiger partial charge in [0.15, 0.2) is 6.10 Å². The van der Waals surface area contributed by atoms with Gasteiger partial charge in [-0.1, -0.05) is 12.1 Å². The maximum Gasteiger partial charge on any atom is 0.181 e. The van der Waals surface area contributed by atoms with E-state index in [-0.39, 0.29) is 6.04 Å². The van der Waals surface area contributed by atoms with Crippen molar-refractivity contribution in [2.24, 2.45) is 5.73 Å². The van der Waals surface area contributed by atoms with Crippen molar-refractivity contribution in [3.63, 3.8) is 0 Å². The molecule has 16 heavy (non-hydrogen) atoms. The first-order valence-corrected chi connectivity index (χ1v) is 5.66. The summed E-state index contributed by atoms with van der Waals surface area (Å²) in [5.41, 5.74) is 8.42. The second-order valence-electron chi connectivity index (χ2n) is 4.21. The lowest BCUT2D eigenvalue weighted by Crippen LogP contribution is -2.19. The first-order valence-electron chi connectivity index (χ1n) is 5.66. The number of benzene rings is 1. The van der Waals surface area contributed by atoms with Crippen LogP contribution in [0.15, 0.2) is 18.2 Å². The molecule has 0 aliphatic heterocycles. The van der Waals surface area contributed by atoms with Gasteiger partial charge in [-0.25, -0.2) is 0 Å². The molecule has 2 rings (SSSR count). The Morgan fingerprint density at radius 1 is 1.56 bits per heavy atom. The molecule has 0 saturated heterocycles. The topological polar surface area (TPSA) is 59.0 Å². The molecule has 3 nitrogen and oxygen atoms in total. The minimum absolute atomic E-state index is 0.115. The van der Waals surface area contributed by atoms with Gasteiger partial charge in [-0.15, -0.1) is 0 Å². The Bertz CT molecular complexity index is 422. The van der Waals surface area contributed by atoms with Crippen LogP contribution in [-0.4, -0.2) is 6.10 Å². The van der Waals surface area contributed by atoms with Gasteiger partial charge >= 0.3 is 0 Å². The van der Waals surface area contributed by atoms with Crippen LogP contribution in [0, 0.1) is 11.3 Å². The van der Waals surface area contributed by atoms with Crippen LogP contribution in [0.5, 0.6) is 5.75 Å². The highest BCUT2D eigenvalue weighted by Crippen LogP contribution is 2.34. The summed E-state index contributed by atoms with van der Waals surface area (Å²) in [5.74, 6) is 0.821. The molecule has 3 heteroatoms. The van der Waals surface area contributed by atoms with Crippen LogP contribution in [0.3, 0.4) is 0 Å². The highest BCUT2D eigenvalue weighted by atomic mass is 16.5. The summed E-state index contributed by atoms with van der Waals surface area (Å²) in [6, 6.07) is 8.12. The predicted octanol–water partition coefficient (Wildman–Crippen LogP) is 2.31. The lowest BCUT2D eigenvalue weighted by molar-refractivity contribution is 0.272. The van der Waals surface area contributed by atoms with Gasteiger partial charge in [0.1, 0.15) is 11.8 Å². The molecular weight excluding hydrogens is 200 g/mol. The van der Waals surface area contributed by atoms with E-state index in [1.54, 1.807) is 6.92 Å². The zero-order valence-corrected chi connectivity index (χ0v) is 9.44. The number of nitriles is 1. The molecule has 0 spiro atoms. The minimum atomic E-state index is -0.412. The van der Waals surface area contributed by atoms with Crippen molar-refractivity contribution in [2.75, 3.05) is 0 Å². The lowest BCUT2D eigenvalue weighted by Gasteiger charge is -2.24. The van der Waals surface area contributed by atoms with E-state index >= 15 is 0 Å². The van der Waals surface area contributed by atoms with E-state index in [1.807, 2.05) is 12.1 Å². The molecule has 84 valence electrons. The van der Waals surface area contributed by atoms with Crippen molar-refractivity contribution >= 4 is 0 Å². The first kappa shape index (κ1) is 11.0. The van der Waals surface area contributed by atoms with Crippen LogP contribution in [0.25, 0.3) is 0 Å². The van der Waals surface area contributed by atoms with Crippen LogP contribution in [-0.2, 0) is 6.42 Å². The van der Waals surface area contributed by atoms with E-state index in [2.05, 4.69) is 12.1 Å². The zero-order chi connectivity index (χ0) is 11.5. The Morgan fingerprint density at radius 2 is 2.38 bits per heavy atom. The molecule has 1 aliphatic carbocycles. The SMILES string of the molecule is CC(C#N)Oc1cccc2c1CCCC2N. The molecule has 0 saturated carbocycles. The Kier molecular flexibility index (Phi) is 3.12. The minimum Gasteiger partial charge on any atom is -0.476 e. The molecule has 2 atom stereocenters. The van der Waals surface area contributed by atoms with Gasteiger partial charge in [0.25, 0.3) is 0 Å². The number of hydrogen-bond donors (Lipinski definition) is 1. The molecule has 0 amide bonds. The maximum absolute atomic E-state index is 8.75. The van der Waals surface area contributed by atoms with Gasteiger partial charge in [-0.2, -0.15) is 5.26 Å². The van der Waals surface area contributed by atoms with E-state index in [0.29, 0.717) is 0 Å². The fraction of sp³-hybridized carbons (Fsp3) is 0.462. The van der Waals surface area contributed by atoms with Crippen LogP contribution >= 0.6 is 0 Å². The van der Waals surface area contributed by atoms with Gasteiger partial charge in [-0.05, 0) is 43.4 Å². The summed E-state index contributed by atoms with van der Waals surface area (Å²) in [6.07, 6.45) is 2.71. The van der Waals surface area contributed by atoms with E-state index in [9.17, 15) is 0 Å². The number of ether oxygens (including phenoxy) is 1. The third kappa shape index (κ3) is 2.02. The predicted molar refractivity (Wildman–Crippen MR) is 62.0 cm³/mol. The molecule has 0 bridgehead atoms. The molecule has 2 N–H and O–H groups in total. The summed E-state index contributed by atoms with van der Waals surface area (Å²) in [7, 11) is 0. The number of hydrogen-bond acceptors (Lipinski definition) is 3. The average molecular weight is 216 g/mol. The first-order chi connectivity index (χ1) is 7.72. The van der Waals surface area contributed by atoms with Gasteiger partial charge in [0.05, 0.1) is 0 Å². The fourth-order valence-corrected chi connectivity index (χ4v) is 2.18.